The van der Waals surface area contributed by atoms with E-state index in [0.29, 0.717) is 31.9 Å². The molecule has 0 aromatic heterocycles. The molecule has 0 bridgehead atoms. The topological polar surface area (TPSA) is 79.0 Å². The van der Waals surface area contributed by atoms with Gasteiger partial charge in [-0.05, 0) is 48.5 Å². The van der Waals surface area contributed by atoms with Crippen molar-refractivity contribution in [2.45, 2.75) is 11.8 Å². The van der Waals surface area contributed by atoms with E-state index in [1.165, 1.54) is 11.2 Å². The van der Waals surface area contributed by atoms with Gasteiger partial charge in [-0.1, -0.05) is 0 Å². The second kappa shape index (κ2) is 7.98. The van der Waals surface area contributed by atoms with Crippen LogP contribution in [0.2, 0.25) is 0 Å². The maximum absolute atomic E-state index is 12.8. The highest BCUT2D eigenvalue weighted by Crippen LogP contribution is 2.23. The van der Waals surface area contributed by atoms with Gasteiger partial charge in [0, 0.05) is 44.5 Å². The molecule has 3 rings (SSSR count). The van der Waals surface area contributed by atoms with E-state index < -0.39 is 10.0 Å². The summed E-state index contributed by atoms with van der Waals surface area (Å²) in [4.78, 5) is 13.5. The number of benzene rings is 2. The molecule has 0 atom stereocenters. The molecule has 1 fully saturated rings. The van der Waals surface area contributed by atoms with Crippen molar-refractivity contribution in [3.05, 3.63) is 48.5 Å². The van der Waals surface area contributed by atoms with E-state index in [1.54, 1.807) is 31.4 Å². The van der Waals surface area contributed by atoms with Crippen LogP contribution >= 0.6 is 0 Å². The number of nitrogens with one attached hydrogen (secondary N) is 1. The Bertz CT molecular complexity index is 888. The number of piperazine rings is 1. The molecule has 2 aromatic rings. The Hall–Kier alpha value is -2.58. The van der Waals surface area contributed by atoms with Gasteiger partial charge in [-0.3, -0.25) is 4.79 Å². The fourth-order valence-corrected chi connectivity index (χ4v) is 4.46. The summed E-state index contributed by atoms with van der Waals surface area (Å²) in [5.41, 5.74) is 1.75. The summed E-state index contributed by atoms with van der Waals surface area (Å²) in [5.74, 6) is 0.515. The van der Waals surface area contributed by atoms with Crippen molar-refractivity contribution in [3.63, 3.8) is 0 Å². The maximum atomic E-state index is 12.8. The minimum Gasteiger partial charge on any atom is -0.497 e. The first kappa shape index (κ1) is 19.2. The van der Waals surface area contributed by atoms with Crippen molar-refractivity contribution in [3.8, 4) is 5.75 Å². The van der Waals surface area contributed by atoms with Gasteiger partial charge in [0.15, 0.2) is 0 Å². The molecule has 1 amide bonds. The Kier molecular flexibility index (Phi) is 5.67. The second-order valence-corrected chi connectivity index (χ2v) is 8.23. The van der Waals surface area contributed by atoms with Crippen LogP contribution in [0.15, 0.2) is 53.4 Å². The Labute approximate surface area is 159 Å². The molecule has 0 saturated carbocycles. The highest BCUT2D eigenvalue weighted by Gasteiger charge is 2.28. The average Bonchev–Trinajstić information content (AvgIpc) is 2.68. The van der Waals surface area contributed by atoms with Crippen LogP contribution in [-0.4, -0.2) is 51.9 Å². The zero-order valence-corrected chi connectivity index (χ0v) is 16.2. The van der Waals surface area contributed by atoms with E-state index in [9.17, 15) is 13.2 Å². The van der Waals surface area contributed by atoms with Crippen molar-refractivity contribution >= 4 is 27.3 Å². The van der Waals surface area contributed by atoms with Crippen LogP contribution in [0, 0.1) is 0 Å². The van der Waals surface area contributed by atoms with Crippen molar-refractivity contribution in [2.24, 2.45) is 0 Å². The second-order valence-electron chi connectivity index (χ2n) is 6.29. The predicted molar refractivity (Wildman–Crippen MR) is 105 cm³/mol. The number of amides is 1. The van der Waals surface area contributed by atoms with E-state index in [2.05, 4.69) is 10.2 Å². The van der Waals surface area contributed by atoms with Gasteiger partial charge in [0.25, 0.3) is 0 Å². The van der Waals surface area contributed by atoms with Crippen LogP contribution in [0.5, 0.6) is 5.75 Å². The molecule has 1 aliphatic heterocycles. The van der Waals surface area contributed by atoms with Crippen LogP contribution in [0.3, 0.4) is 0 Å². The van der Waals surface area contributed by atoms with Crippen LogP contribution in [0.4, 0.5) is 11.4 Å². The van der Waals surface area contributed by atoms with Gasteiger partial charge in [0.05, 0.1) is 12.0 Å². The Morgan fingerprint density at radius 3 is 2.07 bits per heavy atom. The molecular weight excluding hydrogens is 366 g/mol. The monoisotopic (exact) mass is 389 g/mol. The van der Waals surface area contributed by atoms with E-state index in [4.69, 9.17) is 4.74 Å². The van der Waals surface area contributed by atoms with Gasteiger partial charge in [-0.25, -0.2) is 8.42 Å². The first-order valence-corrected chi connectivity index (χ1v) is 10.1. The van der Waals surface area contributed by atoms with Gasteiger partial charge in [0.1, 0.15) is 5.75 Å². The van der Waals surface area contributed by atoms with Crippen LogP contribution < -0.4 is 15.0 Å². The van der Waals surface area contributed by atoms with Gasteiger partial charge in [0.2, 0.25) is 15.9 Å². The summed E-state index contributed by atoms with van der Waals surface area (Å²) in [7, 11) is -1.96. The molecule has 1 saturated heterocycles. The van der Waals surface area contributed by atoms with Crippen molar-refractivity contribution < 1.29 is 17.9 Å². The summed E-state index contributed by atoms with van der Waals surface area (Å²) in [6.07, 6.45) is 0. The Balaban J connectivity index is 1.64. The molecule has 8 heteroatoms. The smallest absolute Gasteiger partial charge is 0.243 e. The predicted octanol–water partition coefficient (Wildman–Crippen LogP) is 2.16. The number of nitrogens with zero attached hydrogens (tertiary/aromatic N) is 2. The maximum Gasteiger partial charge on any atom is 0.243 e. The van der Waals surface area contributed by atoms with Crippen LogP contribution in [0.25, 0.3) is 0 Å². The minimum atomic E-state index is -3.51. The van der Waals surface area contributed by atoms with E-state index in [-0.39, 0.29) is 10.8 Å². The number of sulfonamides is 1. The molecule has 0 aliphatic carbocycles. The number of hydrogen-bond acceptors (Lipinski definition) is 5. The van der Waals surface area contributed by atoms with Gasteiger partial charge in [-0.15, -0.1) is 0 Å². The average molecular weight is 389 g/mol. The first-order valence-electron chi connectivity index (χ1n) is 8.67. The molecule has 0 spiro atoms. The minimum absolute atomic E-state index is 0.111. The SMILES string of the molecule is COc1ccc(S(=O)(=O)N2CCN(c3ccc(NC(C)=O)cc3)CC2)cc1. The summed E-state index contributed by atoms with van der Waals surface area (Å²) in [6, 6.07) is 14.0. The number of methoxy groups -OCH3 is 1. The van der Waals surface area contributed by atoms with Crippen LogP contribution in [0.1, 0.15) is 6.92 Å². The van der Waals surface area contributed by atoms with Crippen LogP contribution in [-0.2, 0) is 14.8 Å². The third kappa shape index (κ3) is 4.40. The zero-order valence-electron chi connectivity index (χ0n) is 15.4. The quantitative estimate of drug-likeness (QED) is 0.848. The third-order valence-corrected chi connectivity index (χ3v) is 6.40. The largest absolute Gasteiger partial charge is 0.497 e. The summed E-state index contributed by atoms with van der Waals surface area (Å²) in [5, 5.41) is 2.73. The lowest BCUT2D eigenvalue weighted by Crippen LogP contribution is -2.48. The third-order valence-electron chi connectivity index (χ3n) is 4.49. The lowest BCUT2D eigenvalue weighted by atomic mass is 10.2. The molecule has 7 nitrogen and oxygen atoms in total. The summed E-state index contributed by atoms with van der Waals surface area (Å²) >= 11 is 0. The highest BCUT2D eigenvalue weighted by atomic mass is 32.2. The van der Waals surface area contributed by atoms with Crippen molar-refractivity contribution in [1.82, 2.24) is 4.31 Å². The van der Waals surface area contributed by atoms with Gasteiger partial charge in [-0.2, -0.15) is 4.31 Å². The number of rotatable bonds is 5. The summed E-state index contributed by atoms with van der Waals surface area (Å²) < 4.78 is 32.2. The number of ether oxygens (including phenoxy) is 1. The lowest BCUT2D eigenvalue weighted by Gasteiger charge is -2.35. The number of anilines is 2. The molecule has 0 unspecified atom stereocenters. The zero-order chi connectivity index (χ0) is 19.4. The molecule has 2 aromatic carbocycles. The summed E-state index contributed by atoms with van der Waals surface area (Å²) in [6.45, 7) is 3.52. The molecular formula is C19H23N3O4S. The van der Waals surface area contributed by atoms with Gasteiger partial charge >= 0.3 is 0 Å². The van der Waals surface area contributed by atoms with E-state index in [0.717, 1.165) is 11.4 Å². The first-order chi connectivity index (χ1) is 12.9. The molecule has 1 aliphatic rings. The molecule has 1 N–H and O–H groups in total. The molecule has 27 heavy (non-hydrogen) atoms. The fourth-order valence-electron chi connectivity index (χ4n) is 3.04. The fraction of sp³-hybridized carbons (Fsp3) is 0.316. The van der Waals surface area contributed by atoms with Gasteiger partial charge < -0.3 is 15.0 Å². The normalized spacial score (nSPS) is 15.4. The van der Waals surface area contributed by atoms with Crippen molar-refractivity contribution in [1.29, 1.82) is 0 Å². The van der Waals surface area contributed by atoms with E-state index in [1.807, 2.05) is 24.3 Å². The Morgan fingerprint density at radius 1 is 0.963 bits per heavy atom. The lowest BCUT2D eigenvalue weighted by molar-refractivity contribution is -0.114. The molecule has 1 heterocycles. The number of hydrogen-bond donors (Lipinski definition) is 1. The van der Waals surface area contributed by atoms with E-state index >= 15 is 0 Å². The standard InChI is InChI=1S/C19H23N3O4S/c1-15(23)20-16-3-5-17(6-4-16)21-11-13-22(14-12-21)27(24,25)19-9-7-18(26-2)8-10-19/h3-10H,11-14H2,1-2H3,(H,20,23). The molecule has 144 valence electrons. The van der Waals surface area contributed by atoms with Crippen molar-refractivity contribution in [2.75, 3.05) is 43.5 Å². The number of carbonyl (C=O) groups is 1. The highest BCUT2D eigenvalue weighted by molar-refractivity contribution is 7.89. The number of carbonyl (C=O) groups excluding carboxylic acids is 1. The molecule has 0 radical (unpaired) electrons. The Morgan fingerprint density at radius 2 is 1.56 bits per heavy atom.